The minimum atomic E-state index is -1.03. The Labute approximate surface area is 114 Å². The maximum Gasteiger partial charge on any atom is 0.331 e. The Kier molecular flexibility index (Phi) is 4.74. The van der Waals surface area contributed by atoms with Crippen LogP contribution in [0.15, 0.2) is 11.1 Å². The summed E-state index contributed by atoms with van der Waals surface area (Å²) >= 11 is 0. The van der Waals surface area contributed by atoms with Crippen molar-refractivity contribution in [3.8, 4) is 0 Å². The summed E-state index contributed by atoms with van der Waals surface area (Å²) in [5.74, 6) is -1.19. The summed E-state index contributed by atoms with van der Waals surface area (Å²) in [6.45, 7) is 12.5. The normalized spacial score (nSPS) is 19.1. The predicted molar refractivity (Wildman–Crippen MR) is 73.9 cm³/mol. The van der Waals surface area contributed by atoms with Crippen LogP contribution in [0.3, 0.4) is 0 Å². The predicted octanol–water partition coefficient (Wildman–Crippen LogP) is 1.35. The maximum atomic E-state index is 12.2. The second-order valence-electron chi connectivity index (χ2n) is 6.01. The summed E-state index contributed by atoms with van der Waals surface area (Å²) in [6, 6.07) is 0. The first kappa shape index (κ1) is 15.7. The van der Waals surface area contributed by atoms with Crippen molar-refractivity contribution < 1.29 is 14.7 Å². The molecule has 1 heterocycles. The highest BCUT2D eigenvalue weighted by molar-refractivity contribution is 6.01. The van der Waals surface area contributed by atoms with Crippen LogP contribution >= 0.6 is 0 Å². The molecule has 19 heavy (non-hydrogen) atoms. The minimum absolute atomic E-state index is 0.108. The molecule has 0 bridgehead atoms. The van der Waals surface area contributed by atoms with Crippen LogP contribution in [0.4, 0.5) is 0 Å². The SMILES string of the molecule is CC(C(=O)O)=C(C)C(=O)N1CCN(C(C)(C)C)CC1. The summed E-state index contributed by atoms with van der Waals surface area (Å²) < 4.78 is 0. The Morgan fingerprint density at radius 1 is 0.947 bits per heavy atom. The van der Waals surface area contributed by atoms with Gasteiger partial charge in [0.15, 0.2) is 0 Å². The fraction of sp³-hybridized carbons (Fsp3) is 0.714. The molecule has 0 atom stereocenters. The van der Waals surface area contributed by atoms with Crippen molar-refractivity contribution >= 4 is 11.9 Å². The van der Waals surface area contributed by atoms with E-state index >= 15 is 0 Å². The molecule has 0 aliphatic carbocycles. The highest BCUT2D eigenvalue weighted by Gasteiger charge is 2.28. The third kappa shape index (κ3) is 3.80. The molecule has 1 rings (SSSR count). The monoisotopic (exact) mass is 268 g/mol. The molecule has 1 aliphatic rings. The van der Waals surface area contributed by atoms with Crippen molar-refractivity contribution in [2.75, 3.05) is 26.2 Å². The number of hydrogen-bond donors (Lipinski definition) is 1. The van der Waals surface area contributed by atoms with Gasteiger partial charge in [-0.25, -0.2) is 4.79 Å². The van der Waals surface area contributed by atoms with Crippen LogP contribution in [0.5, 0.6) is 0 Å². The largest absolute Gasteiger partial charge is 0.478 e. The van der Waals surface area contributed by atoms with E-state index in [1.807, 2.05) is 0 Å². The van der Waals surface area contributed by atoms with E-state index in [4.69, 9.17) is 5.11 Å². The molecule has 1 saturated heterocycles. The van der Waals surface area contributed by atoms with Crippen LogP contribution in [0.25, 0.3) is 0 Å². The van der Waals surface area contributed by atoms with Gasteiger partial charge in [-0.1, -0.05) is 0 Å². The molecule has 0 radical (unpaired) electrons. The first-order chi connectivity index (χ1) is 8.64. The molecule has 0 unspecified atom stereocenters. The van der Waals surface area contributed by atoms with Gasteiger partial charge in [-0.05, 0) is 34.6 Å². The maximum absolute atomic E-state index is 12.2. The number of rotatable bonds is 2. The van der Waals surface area contributed by atoms with E-state index in [9.17, 15) is 9.59 Å². The van der Waals surface area contributed by atoms with Crippen LogP contribution in [0.1, 0.15) is 34.6 Å². The molecule has 0 aromatic carbocycles. The quantitative estimate of drug-likeness (QED) is 0.768. The lowest BCUT2D eigenvalue weighted by molar-refractivity contribution is -0.134. The molecule has 0 saturated carbocycles. The lowest BCUT2D eigenvalue weighted by Crippen LogP contribution is -2.54. The molecule has 0 spiro atoms. The number of carbonyl (C=O) groups is 2. The lowest BCUT2D eigenvalue weighted by atomic mass is 10.0. The molecule has 1 fully saturated rings. The minimum Gasteiger partial charge on any atom is -0.478 e. The zero-order valence-electron chi connectivity index (χ0n) is 12.5. The number of carboxylic acids is 1. The number of nitrogens with zero attached hydrogens (tertiary/aromatic N) is 2. The van der Waals surface area contributed by atoms with Crippen LogP contribution in [0.2, 0.25) is 0 Å². The number of hydrogen-bond acceptors (Lipinski definition) is 3. The second kappa shape index (κ2) is 5.74. The Balaban J connectivity index is 2.69. The zero-order chi connectivity index (χ0) is 14.8. The van der Waals surface area contributed by atoms with Crippen molar-refractivity contribution in [2.24, 2.45) is 0 Å². The van der Waals surface area contributed by atoms with Gasteiger partial charge in [0.1, 0.15) is 0 Å². The van der Waals surface area contributed by atoms with Crippen molar-refractivity contribution in [3.05, 3.63) is 11.1 Å². The highest BCUT2D eigenvalue weighted by atomic mass is 16.4. The van der Waals surface area contributed by atoms with Gasteiger partial charge in [0.25, 0.3) is 0 Å². The second-order valence-corrected chi connectivity index (χ2v) is 6.01. The van der Waals surface area contributed by atoms with Gasteiger partial charge in [-0.2, -0.15) is 0 Å². The van der Waals surface area contributed by atoms with E-state index in [1.54, 1.807) is 11.8 Å². The molecule has 5 heteroatoms. The van der Waals surface area contributed by atoms with Crippen LogP contribution in [0, 0.1) is 0 Å². The Morgan fingerprint density at radius 3 is 1.79 bits per heavy atom. The smallest absolute Gasteiger partial charge is 0.331 e. The zero-order valence-corrected chi connectivity index (χ0v) is 12.5. The van der Waals surface area contributed by atoms with E-state index in [0.29, 0.717) is 18.7 Å². The summed E-state index contributed by atoms with van der Waals surface area (Å²) in [7, 11) is 0. The van der Waals surface area contributed by atoms with Gasteiger partial charge >= 0.3 is 5.97 Å². The van der Waals surface area contributed by atoms with Gasteiger partial charge in [-0.3, -0.25) is 9.69 Å². The highest BCUT2D eigenvalue weighted by Crippen LogP contribution is 2.17. The standard InChI is InChI=1S/C14H24N2O3/c1-10(11(2)13(18)19)12(17)15-6-8-16(9-7-15)14(3,4)5/h6-9H2,1-5H3,(H,18,19). The first-order valence-electron chi connectivity index (χ1n) is 6.59. The summed E-state index contributed by atoms with van der Waals surface area (Å²) in [5.41, 5.74) is 0.566. The Morgan fingerprint density at radius 2 is 1.42 bits per heavy atom. The average molecular weight is 268 g/mol. The topological polar surface area (TPSA) is 60.9 Å². The van der Waals surface area contributed by atoms with Crippen molar-refractivity contribution in [1.29, 1.82) is 0 Å². The molecule has 0 aromatic heterocycles. The Bertz CT molecular complexity index is 399. The molecule has 5 nitrogen and oxygen atoms in total. The van der Waals surface area contributed by atoms with Gasteiger partial charge in [0, 0.05) is 42.9 Å². The fourth-order valence-corrected chi connectivity index (χ4v) is 2.14. The van der Waals surface area contributed by atoms with Crippen LogP contribution in [-0.4, -0.2) is 58.5 Å². The summed E-state index contributed by atoms with van der Waals surface area (Å²) in [4.78, 5) is 27.1. The lowest BCUT2D eigenvalue weighted by Gasteiger charge is -2.42. The van der Waals surface area contributed by atoms with Gasteiger partial charge in [-0.15, -0.1) is 0 Å². The molecular formula is C14H24N2O3. The Hall–Kier alpha value is -1.36. The fourth-order valence-electron chi connectivity index (χ4n) is 2.14. The summed E-state index contributed by atoms with van der Waals surface area (Å²) in [5, 5.41) is 8.91. The van der Waals surface area contributed by atoms with Gasteiger partial charge in [0.2, 0.25) is 5.91 Å². The number of carbonyl (C=O) groups excluding carboxylic acids is 1. The number of aliphatic carboxylic acids is 1. The first-order valence-corrected chi connectivity index (χ1v) is 6.59. The number of piperazine rings is 1. The van der Waals surface area contributed by atoms with E-state index in [2.05, 4.69) is 25.7 Å². The van der Waals surface area contributed by atoms with Crippen molar-refractivity contribution in [1.82, 2.24) is 9.80 Å². The average Bonchev–Trinajstić information content (AvgIpc) is 2.35. The number of carboxylic acid groups (broad SMARTS) is 1. The molecular weight excluding hydrogens is 244 g/mol. The third-order valence-electron chi connectivity index (χ3n) is 3.72. The van der Waals surface area contributed by atoms with Gasteiger partial charge in [0.05, 0.1) is 0 Å². The molecule has 0 aromatic rings. The van der Waals surface area contributed by atoms with Crippen molar-refractivity contribution in [3.63, 3.8) is 0 Å². The molecule has 108 valence electrons. The van der Waals surface area contributed by atoms with Crippen molar-refractivity contribution in [2.45, 2.75) is 40.2 Å². The molecule has 1 amide bonds. The molecule has 1 N–H and O–H groups in total. The van der Waals surface area contributed by atoms with Crippen LogP contribution in [-0.2, 0) is 9.59 Å². The molecule has 1 aliphatic heterocycles. The van der Waals surface area contributed by atoms with Gasteiger partial charge < -0.3 is 10.0 Å². The van der Waals surface area contributed by atoms with Crippen LogP contribution < -0.4 is 0 Å². The summed E-state index contributed by atoms with van der Waals surface area (Å²) in [6.07, 6.45) is 0. The number of amides is 1. The van der Waals surface area contributed by atoms with E-state index < -0.39 is 5.97 Å². The van der Waals surface area contributed by atoms with E-state index in [1.165, 1.54) is 6.92 Å². The third-order valence-corrected chi connectivity index (χ3v) is 3.72. The van der Waals surface area contributed by atoms with E-state index in [0.717, 1.165) is 13.1 Å². The van der Waals surface area contributed by atoms with E-state index in [-0.39, 0.29) is 17.0 Å².